The van der Waals surface area contributed by atoms with Gasteiger partial charge in [0.2, 0.25) is 5.75 Å². The van der Waals surface area contributed by atoms with Crippen LogP contribution >= 0.6 is 0 Å². The summed E-state index contributed by atoms with van der Waals surface area (Å²) in [7, 11) is 4.75. The molecule has 1 saturated carbocycles. The van der Waals surface area contributed by atoms with Crippen molar-refractivity contribution in [3.63, 3.8) is 0 Å². The van der Waals surface area contributed by atoms with Crippen molar-refractivity contribution in [2.45, 2.75) is 45.7 Å². The van der Waals surface area contributed by atoms with Gasteiger partial charge in [0.05, 0.1) is 38.1 Å². The molecule has 2 aromatic carbocycles. The van der Waals surface area contributed by atoms with Crippen LogP contribution in [0.4, 0.5) is 0 Å². The van der Waals surface area contributed by atoms with Gasteiger partial charge in [-0.3, -0.25) is 4.79 Å². The molecule has 1 aliphatic rings. The Morgan fingerprint density at radius 2 is 1.61 bits per heavy atom. The normalized spacial score (nSPS) is 14.3. The molecule has 0 spiro atoms. The van der Waals surface area contributed by atoms with Crippen molar-refractivity contribution in [1.82, 2.24) is 9.88 Å². The van der Waals surface area contributed by atoms with E-state index in [2.05, 4.69) is 25.7 Å². The Kier molecular flexibility index (Phi) is 6.45. The molecule has 1 unspecified atom stereocenters. The highest BCUT2D eigenvalue weighted by Gasteiger charge is 2.37. The van der Waals surface area contributed by atoms with Crippen LogP contribution in [0, 0.1) is 5.92 Å². The van der Waals surface area contributed by atoms with Crippen molar-refractivity contribution in [2.24, 2.45) is 5.92 Å². The Hall–Kier alpha value is -3.28. The highest BCUT2D eigenvalue weighted by Crippen LogP contribution is 2.41. The molecule has 33 heavy (non-hydrogen) atoms. The number of carbonyl (C=O) groups is 1. The molecule has 0 bridgehead atoms. The van der Waals surface area contributed by atoms with Crippen LogP contribution in [0.2, 0.25) is 0 Å². The lowest BCUT2D eigenvalue weighted by molar-refractivity contribution is 0.0630. The van der Waals surface area contributed by atoms with E-state index >= 15 is 0 Å². The summed E-state index contributed by atoms with van der Waals surface area (Å²) in [5, 5.41) is 0.861. The van der Waals surface area contributed by atoms with E-state index in [1.807, 2.05) is 42.5 Å². The van der Waals surface area contributed by atoms with E-state index in [1.165, 1.54) is 0 Å². The molecule has 1 amide bonds. The van der Waals surface area contributed by atoms with Crippen molar-refractivity contribution in [3.05, 3.63) is 48.0 Å². The number of hydrogen-bond acceptors (Lipinski definition) is 5. The van der Waals surface area contributed by atoms with E-state index in [0.29, 0.717) is 40.5 Å². The van der Waals surface area contributed by atoms with Crippen molar-refractivity contribution < 1.29 is 19.0 Å². The van der Waals surface area contributed by atoms with E-state index < -0.39 is 0 Å². The van der Waals surface area contributed by atoms with Gasteiger partial charge in [0.1, 0.15) is 0 Å². The number of carbonyl (C=O) groups excluding carboxylic acids is 1. The van der Waals surface area contributed by atoms with E-state index in [4.69, 9.17) is 19.2 Å². The summed E-state index contributed by atoms with van der Waals surface area (Å²) in [5.74, 6) is 2.04. The van der Waals surface area contributed by atoms with Crippen LogP contribution < -0.4 is 14.2 Å². The third-order valence-electron chi connectivity index (χ3n) is 6.49. The summed E-state index contributed by atoms with van der Waals surface area (Å²) in [4.78, 5) is 20.9. The minimum absolute atomic E-state index is 0.0611. The standard InChI is InChI=1S/C27H32N2O4/c1-16(2)17(3)29(19-11-12-19)27(30)21-15-23(28-22-10-8-7-9-20(21)22)18-13-24(31-4)26(33-6)25(14-18)32-5/h7-10,13-17,19H,11-12H2,1-6H3. The Morgan fingerprint density at radius 3 is 2.15 bits per heavy atom. The summed E-state index contributed by atoms with van der Waals surface area (Å²) in [6.45, 7) is 6.48. The predicted octanol–water partition coefficient (Wildman–Crippen LogP) is 5.58. The molecule has 6 heteroatoms. The summed E-state index contributed by atoms with van der Waals surface area (Å²) >= 11 is 0. The van der Waals surface area contributed by atoms with Crippen LogP contribution in [0.3, 0.4) is 0 Å². The first-order chi connectivity index (χ1) is 15.9. The number of hydrogen-bond donors (Lipinski definition) is 0. The largest absolute Gasteiger partial charge is 0.493 e. The summed E-state index contributed by atoms with van der Waals surface area (Å²) in [5.41, 5.74) is 2.92. The molecule has 1 aliphatic carbocycles. The maximum atomic E-state index is 13.9. The van der Waals surface area contributed by atoms with E-state index in [0.717, 1.165) is 29.3 Å². The molecule has 0 aliphatic heterocycles. The zero-order valence-electron chi connectivity index (χ0n) is 20.2. The number of benzene rings is 2. The smallest absolute Gasteiger partial charge is 0.255 e. The number of rotatable bonds is 8. The lowest BCUT2D eigenvalue weighted by Crippen LogP contribution is -2.43. The number of methoxy groups -OCH3 is 3. The van der Waals surface area contributed by atoms with Crippen molar-refractivity contribution in [2.75, 3.05) is 21.3 Å². The summed E-state index contributed by atoms with van der Waals surface area (Å²) < 4.78 is 16.5. The van der Waals surface area contributed by atoms with Crippen LogP contribution in [-0.4, -0.2) is 49.2 Å². The second kappa shape index (κ2) is 9.30. The fourth-order valence-corrected chi connectivity index (χ4v) is 4.23. The van der Waals surface area contributed by atoms with Gasteiger partial charge in [-0.2, -0.15) is 0 Å². The number of pyridine rings is 1. The number of aromatic nitrogens is 1. The van der Waals surface area contributed by atoms with Gasteiger partial charge in [-0.05, 0) is 49.9 Å². The Balaban J connectivity index is 1.89. The zero-order valence-corrected chi connectivity index (χ0v) is 20.2. The molecular weight excluding hydrogens is 416 g/mol. The first-order valence-corrected chi connectivity index (χ1v) is 11.4. The van der Waals surface area contributed by atoms with Crippen LogP contribution in [-0.2, 0) is 0 Å². The predicted molar refractivity (Wildman–Crippen MR) is 130 cm³/mol. The molecule has 1 atom stereocenters. The average Bonchev–Trinajstić information content (AvgIpc) is 3.67. The molecule has 1 heterocycles. The van der Waals surface area contributed by atoms with Gasteiger partial charge in [0, 0.05) is 23.0 Å². The first-order valence-electron chi connectivity index (χ1n) is 11.4. The van der Waals surface area contributed by atoms with Gasteiger partial charge in [0.15, 0.2) is 11.5 Å². The third kappa shape index (κ3) is 4.34. The fourth-order valence-electron chi connectivity index (χ4n) is 4.23. The van der Waals surface area contributed by atoms with Crippen molar-refractivity contribution in [1.29, 1.82) is 0 Å². The number of para-hydroxylation sites is 1. The van der Waals surface area contributed by atoms with Gasteiger partial charge in [-0.25, -0.2) is 4.98 Å². The van der Waals surface area contributed by atoms with E-state index in [1.54, 1.807) is 21.3 Å². The van der Waals surface area contributed by atoms with Gasteiger partial charge < -0.3 is 19.1 Å². The maximum Gasteiger partial charge on any atom is 0.255 e. The average molecular weight is 449 g/mol. The van der Waals surface area contributed by atoms with Gasteiger partial charge in [0.25, 0.3) is 5.91 Å². The molecule has 0 saturated heterocycles. The Bertz CT molecular complexity index is 1140. The third-order valence-corrected chi connectivity index (χ3v) is 6.49. The number of fused-ring (bicyclic) bond motifs is 1. The van der Waals surface area contributed by atoms with E-state index in [-0.39, 0.29) is 11.9 Å². The fraction of sp³-hybridized carbons (Fsp3) is 0.407. The second-order valence-electron chi connectivity index (χ2n) is 8.91. The summed E-state index contributed by atoms with van der Waals surface area (Å²) in [6.07, 6.45) is 2.12. The highest BCUT2D eigenvalue weighted by atomic mass is 16.5. The van der Waals surface area contributed by atoms with Crippen LogP contribution in [0.5, 0.6) is 17.2 Å². The number of amides is 1. The van der Waals surface area contributed by atoms with Crippen molar-refractivity contribution in [3.8, 4) is 28.5 Å². The van der Waals surface area contributed by atoms with Crippen LogP contribution in [0.1, 0.15) is 44.0 Å². The van der Waals surface area contributed by atoms with Gasteiger partial charge in [-0.1, -0.05) is 32.0 Å². The molecule has 174 valence electrons. The molecule has 1 aromatic heterocycles. The lowest BCUT2D eigenvalue weighted by Gasteiger charge is -2.32. The molecule has 3 aromatic rings. The molecule has 1 fully saturated rings. The number of nitrogens with zero attached hydrogens (tertiary/aromatic N) is 2. The van der Waals surface area contributed by atoms with Crippen LogP contribution in [0.15, 0.2) is 42.5 Å². The maximum absolute atomic E-state index is 13.9. The SMILES string of the molecule is COc1cc(-c2cc(C(=O)N(C3CC3)C(C)C(C)C)c3ccccc3n2)cc(OC)c1OC. The number of ether oxygens (including phenoxy) is 3. The molecule has 4 rings (SSSR count). The highest BCUT2D eigenvalue weighted by molar-refractivity contribution is 6.07. The molecular formula is C27H32N2O4. The molecule has 6 nitrogen and oxygen atoms in total. The monoisotopic (exact) mass is 448 g/mol. The van der Waals surface area contributed by atoms with Gasteiger partial charge in [-0.15, -0.1) is 0 Å². The minimum Gasteiger partial charge on any atom is -0.493 e. The van der Waals surface area contributed by atoms with E-state index in [9.17, 15) is 4.79 Å². The first kappa shape index (κ1) is 22.9. The minimum atomic E-state index is 0.0611. The molecule has 0 radical (unpaired) electrons. The lowest BCUT2D eigenvalue weighted by atomic mass is 9.99. The summed E-state index contributed by atoms with van der Waals surface area (Å²) in [6, 6.07) is 13.9. The topological polar surface area (TPSA) is 60.9 Å². The Morgan fingerprint density at radius 1 is 0.970 bits per heavy atom. The zero-order chi connectivity index (χ0) is 23.7. The van der Waals surface area contributed by atoms with Crippen LogP contribution in [0.25, 0.3) is 22.2 Å². The van der Waals surface area contributed by atoms with Gasteiger partial charge >= 0.3 is 0 Å². The molecule has 0 N–H and O–H groups in total. The Labute approximate surface area is 195 Å². The second-order valence-corrected chi connectivity index (χ2v) is 8.91. The van der Waals surface area contributed by atoms with Crippen molar-refractivity contribution >= 4 is 16.8 Å². The quantitative estimate of drug-likeness (QED) is 0.450.